The molecule has 24 heavy (non-hydrogen) atoms. The van der Waals surface area contributed by atoms with E-state index in [1.807, 2.05) is 4.90 Å². The first kappa shape index (κ1) is 17.5. The molecule has 2 amide bonds. The summed E-state index contributed by atoms with van der Waals surface area (Å²) in [5, 5.41) is 3.07. The minimum absolute atomic E-state index is 0.0719. The van der Waals surface area contributed by atoms with Crippen molar-refractivity contribution in [2.75, 3.05) is 19.6 Å². The maximum atomic E-state index is 12.4. The number of likely N-dealkylation sites (tertiary alicyclic amines) is 1. The Morgan fingerprint density at radius 2 is 1.83 bits per heavy atom. The Hall–Kier alpha value is -1.36. The number of piperidine rings is 1. The van der Waals surface area contributed by atoms with E-state index in [4.69, 9.17) is 0 Å². The maximum Gasteiger partial charge on any atom is 0.225 e. The molecule has 0 radical (unpaired) electrons. The second kappa shape index (κ2) is 8.15. The number of nitrogens with one attached hydrogen (secondary N) is 1. The maximum absolute atomic E-state index is 12.4. The smallest absolute Gasteiger partial charge is 0.225 e. The molecule has 132 valence electrons. The van der Waals surface area contributed by atoms with Crippen molar-refractivity contribution in [2.24, 2.45) is 11.8 Å². The molecule has 2 heterocycles. The average Bonchev–Trinajstić information content (AvgIpc) is 3.26. The van der Waals surface area contributed by atoms with Gasteiger partial charge in [-0.2, -0.15) is 0 Å². The van der Waals surface area contributed by atoms with Crippen LogP contribution in [0.2, 0.25) is 0 Å². The molecule has 1 saturated heterocycles. The SMILES string of the molecule is Cc1ccc(CCNC(=O)C2CCN(C(=O)C3CCCC3)CC2)s1. The molecule has 1 aliphatic heterocycles. The highest BCUT2D eigenvalue weighted by Gasteiger charge is 2.31. The van der Waals surface area contributed by atoms with Crippen LogP contribution in [-0.4, -0.2) is 36.3 Å². The minimum Gasteiger partial charge on any atom is -0.355 e. The average molecular weight is 349 g/mol. The molecule has 1 N–H and O–H groups in total. The molecule has 2 aliphatic rings. The summed E-state index contributed by atoms with van der Waals surface area (Å²) >= 11 is 1.80. The van der Waals surface area contributed by atoms with Gasteiger partial charge in [-0.1, -0.05) is 12.8 Å². The van der Waals surface area contributed by atoms with E-state index < -0.39 is 0 Å². The molecule has 3 rings (SSSR count). The quantitative estimate of drug-likeness (QED) is 0.889. The van der Waals surface area contributed by atoms with Crippen molar-refractivity contribution in [1.29, 1.82) is 0 Å². The highest BCUT2D eigenvalue weighted by atomic mass is 32.1. The van der Waals surface area contributed by atoms with Gasteiger partial charge in [-0.3, -0.25) is 9.59 Å². The fourth-order valence-electron chi connectivity index (χ4n) is 3.87. The van der Waals surface area contributed by atoms with Gasteiger partial charge in [0, 0.05) is 41.2 Å². The van der Waals surface area contributed by atoms with E-state index >= 15 is 0 Å². The zero-order valence-corrected chi connectivity index (χ0v) is 15.4. The van der Waals surface area contributed by atoms with Crippen LogP contribution in [0, 0.1) is 18.8 Å². The number of rotatable bonds is 5. The van der Waals surface area contributed by atoms with Gasteiger partial charge in [0.25, 0.3) is 0 Å². The Morgan fingerprint density at radius 3 is 2.46 bits per heavy atom. The highest BCUT2D eigenvalue weighted by Crippen LogP contribution is 2.28. The van der Waals surface area contributed by atoms with E-state index in [2.05, 4.69) is 24.4 Å². The summed E-state index contributed by atoms with van der Waals surface area (Å²) in [7, 11) is 0. The number of hydrogen-bond donors (Lipinski definition) is 1. The van der Waals surface area contributed by atoms with Gasteiger partial charge in [-0.15, -0.1) is 11.3 Å². The summed E-state index contributed by atoms with van der Waals surface area (Å²) in [4.78, 5) is 29.4. The lowest BCUT2D eigenvalue weighted by Gasteiger charge is -2.33. The molecule has 0 atom stereocenters. The van der Waals surface area contributed by atoms with Crippen LogP contribution in [0.3, 0.4) is 0 Å². The van der Waals surface area contributed by atoms with Gasteiger partial charge in [-0.25, -0.2) is 0 Å². The van der Waals surface area contributed by atoms with Gasteiger partial charge < -0.3 is 10.2 Å². The Bertz CT molecular complexity index is 570. The monoisotopic (exact) mass is 348 g/mol. The van der Waals surface area contributed by atoms with Crippen LogP contribution < -0.4 is 5.32 Å². The van der Waals surface area contributed by atoms with E-state index in [-0.39, 0.29) is 17.7 Å². The normalized spacial score (nSPS) is 19.6. The molecule has 1 saturated carbocycles. The molecular weight excluding hydrogens is 320 g/mol. The molecule has 0 bridgehead atoms. The minimum atomic E-state index is 0.0719. The van der Waals surface area contributed by atoms with Gasteiger partial charge in [-0.05, 0) is 51.2 Å². The lowest BCUT2D eigenvalue weighted by Crippen LogP contribution is -2.45. The van der Waals surface area contributed by atoms with Gasteiger partial charge in [0.1, 0.15) is 0 Å². The van der Waals surface area contributed by atoms with Crippen LogP contribution in [-0.2, 0) is 16.0 Å². The number of aryl methyl sites for hydroxylation is 1. The molecule has 1 aliphatic carbocycles. The molecule has 1 aromatic rings. The van der Waals surface area contributed by atoms with E-state index in [1.165, 1.54) is 22.6 Å². The fraction of sp³-hybridized carbons (Fsp3) is 0.684. The van der Waals surface area contributed by atoms with E-state index in [1.54, 1.807) is 11.3 Å². The standard InChI is InChI=1S/C19H28N2O2S/c1-14-6-7-17(24-14)8-11-20-18(22)15-9-12-21(13-10-15)19(23)16-4-2-3-5-16/h6-7,15-16H,2-5,8-13H2,1H3,(H,20,22). The van der Waals surface area contributed by atoms with Crippen molar-refractivity contribution in [1.82, 2.24) is 10.2 Å². The number of nitrogens with zero attached hydrogens (tertiary/aromatic N) is 1. The Morgan fingerprint density at radius 1 is 1.12 bits per heavy atom. The largest absolute Gasteiger partial charge is 0.355 e. The Balaban J connectivity index is 1.37. The third-order valence-corrected chi connectivity index (χ3v) is 6.41. The first-order valence-corrected chi connectivity index (χ1v) is 10.1. The second-order valence-electron chi connectivity index (χ2n) is 7.13. The van der Waals surface area contributed by atoms with Crippen molar-refractivity contribution in [2.45, 2.75) is 51.9 Å². The first-order valence-electron chi connectivity index (χ1n) is 9.25. The topological polar surface area (TPSA) is 49.4 Å². The Kier molecular flexibility index (Phi) is 5.93. The summed E-state index contributed by atoms with van der Waals surface area (Å²) in [6.45, 7) is 4.31. The van der Waals surface area contributed by atoms with Crippen LogP contribution in [0.15, 0.2) is 12.1 Å². The predicted molar refractivity (Wildman–Crippen MR) is 97.0 cm³/mol. The highest BCUT2D eigenvalue weighted by molar-refractivity contribution is 7.11. The van der Waals surface area contributed by atoms with Crippen LogP contribution in [0.5, 0.6) is 0 Å². The van der Waals surface area contributed by atoms with Gasteiger partial charge in [0.15, 0.2) is 0 Å². The predicted octanol–water partition coefficient (Wildman–Crippen LogP) is 3.14. The lowest BCUT2D eigenvalue weighted by molar-refractivity contribution is -0.139. The summed E-state index contributed by atoms with van der Waals surface area (Å²) in [6, 6.07) is 4.26. The first-order chi connectivity index (χ1) is 11.6. The number of thiophene rings is 1. The van der Waals surface area contributed by atoms with Crippen molar-refractivity contribution < 1.29 is 9.59 Å². The van der Waals surface area contributed by atoms with Crippen molar-refractivity contribution in [3.63, 3.8) is 0 Å². The molecule has 5 heteroatoms. The number of amides is 2. The van der Waals surface area contributed by atoms with Gasteiger partial charge in [0.05, 0.1) is 0 Å². The third-order valence-electron chi connectivity index (χ3n) is 5.35. The second-order valence-corrected chi connectivity index (χ2v) is 8.51. The van der Waals surface area contributed by atoms with Gasteiger partial charge in [0.2, 0.25) is 11.8 Å². The van der Waals surface area contributed by atoms with Crippen LogP contribution >= 0.6 is 11.3 Å². The fourth-order valence-corrected chi connectivity index (χ4v) is 4.76. The molecule has 1 aromatic heterocycles. The summed E-state index contributed by atoms with van der Waals surface area (Å²) in [5.41, 5.74) is 0. The number of hydrogen-bond acceptors (Lipinski definition) is 3. The van der Waals surface area contributed by atoms with Crippen LogP contribution in [0.1, 0.15) is 48.3 Å². The van der Waals surface area contributed by atoms with Crippen LogP contribution in [0.25, 0.3) is 0 Å². The van der Waals surface area contributed by atoms with E-state index in [9.17, 15) is 9.59 Å². The van der Waals surface area contributed by atoms with E-state index in [0.717, 1.165) is 45.2 Å². The summed E-state index contributed by atoms with van der Waals surface area (Å²) < 4.78 is 0. The van der Waals surface area contributed by atoms with Crippen molar-refractivity contribution in [3.8, 4) is 0 Å². The summed E-state index contributed by atoms with van der Waals surface area (Å²) in [5.74, 6) is 0.822. The summed E-state index contributed by atoms with van der Waals surface area (Å²) in [6.07, 6.45) is 7.02. The van der Waals surface area contributed by atoms with Crippen LogP contribution in [0.4, 0.5) is 0 Å². The molecule has 0 unspecified atom stereocenters. The lowest BCUT2D eigenvalue weighted by atomic mass is 9.94. The van der Waals surface area contributed by atoms with E-state index in [0.29, 0.717) is 12.5 Å². The number of carbonyl (C=O) groups is 2. The zero-order chi connectivity index (χ0) is 16.9. The Labute approximate surface area is 148 Å². The molecule has 2 fully saturated rings. The molecule has 0 aromatic carbocycles. The molecule has 0 spiro atoms. The zero-order valence-electron chi connectivity index (χ0n) is 14.6. The molecule has 4 nitrogen and oxygen atoms in total. The molecular formula is C19H28N2O2S. The van der Waals surface area contributed by atoms with Crippen molar-refractivity contribution >= 4 is 23.2 Å². The van der Waals surface area contributed by atoms with Gasteiger partial charge >= 0.3 is 0 Å². The van der Waals surface area contributed by atoms with Crippen molar-refractivity contribution in [3.05, 3.63) is 21.9 Å². The number of carbonyl (C=O) groups excluding carboxylic acids is 2. The third kappa shape index (κ3) is 4.38.